The van der Waals surface area contributed by atoms with Gasteiger partial charge in [-0.15, -0.1) is 0 Å². The number of hydrogen-bond donors (Lipinski definition) is 0. The number of nitrogens with zero attached hydrogens (tertiary/aromatic N) is 3. The molecule has 4 aliphatic carbocycles. The summed E-state index contributed by atoms with van der Waals surface area (Å²) in [5.41, 5.74) is 2.01. The van der Waals surface area contributed by atoms with Crippen molar-refractivity contribution in [3.63, 3.8) is 0 Å². The molecule has 0 radical (unpaired) electrons. The maximum Gasteiger partial charge on any atom is 0.246 e. The molecule has 4 fully saturated rings. The number of aromatic nitrogens is 2. The first-order valence-electron chi connectivity index (χ1n) is 10.2. The van der Waals surface area contributed by atoms with Gasteiger partial charge in [0, 0.05) is 12.6 Å². The summed E-state index contributed by atoms with van der Waals surface area (Å²) in [5.74, 6) is 3.68. The Kier molecular flexibility index (Phi) is 3.88. The predicted molar refractivity (Wildman–Crippen MR) is 102 cm³/mol. The summed E-state index contributed by atoms with van der Waals surface area (Å²) in [6, 6.07) is 8.06. The van der Waals surface area contributed by atoms with Crippen molar-refractivity contribution in [1.82, 2.24) is 15.0 Å². The lowest BCUT2D eigenvalue weighted by atomic mass is 9.49. The van der Waals surface area contributed by atoms with Crippen molar-refractivity contribution in [3.8, 4) is 11.4 Å². The van der Waals surface area contributed by atoms with Crippen LogP contribution in [0.4, 0.5) is 0 Å². The molecular formula is C22H27N3O2. The normalized spacial score (nSPS) is 31.3. The second-order valence-electron chi connectivity index (χ2n) is 9.24. The molecule has 2 aromatic rings. The van der Waals surface area contributed by atoms with Gasteiger partial charge in [0.1, 0.15) is 0 Å². The number of amides is 1. The zero-order valence-electron chi connectivity index (χ0n) is 16.1. The molecule has 5 heteroatoms. The van der Waals surface area contributed by atoms with Gasteiger partial charge in [0.05, 0.1) is 12.0 Å². The van der Waals surface area contributed by atoms with Gasteiger partial charge in [0.2, 0.25) is 17.6 Å². The Morgan fingerprint density at radius 1 is 1.11 bits per heavy atom. The molecule has 4 aliphatic rings. The van der Waals surface area contributed by atoms with Gasteiger partial charge in [0.15, 0.2) is 0 Å². The number of aryl methyl sites for hydroxylation is 1. The van der Waals surface area contributed by atoms with Crippen LogP contribution in [0.3, 0.4) is 0 Å². The lowest BCUT2D eigenvalue weighted by Crippen LogP contribution is -2.53. The average molecular weight is 365 g/mol. The second-order valence-corrected chi connectivity index (χ2v) is 9.24. The van der Waals surface area contributed by atoms with Gasteiger partial charge in [0.25, 0.3) is 0 Å². The first-order chi connectivity index (χ1) is 13.0. The fourth-order valence-electron chi connectivity index (χ4n) is 6.19. The minimum absolute atomic E-state index is 0.122. The molecule has 1 heterocycles. The van der Waals surface area contributed by atoms with Crippen LogP contribution in [0.2, 0.25) is 0 Å². The van der Waals surface area contributed by atoms with Crippen molar-refractivity contribution in [3.05, 3.63) is 35.7 Å². The van der Waals surface area contributed by atoms with Crippen LogP contribution < -0.4 is 0 Å². The topological polar surface area (TPSA) is 59.2 Å². The molecule has 6 rings (SSSR count). The molecule has 0 spiro atoms. The van der Waals surface area contributed by atoms with Crippen LogP contribution in [-0.2, 0) is 11.3 Å². The Labute approximate surface area is 160 Å². The van der Waals surface area contributed by atoms with Crippen molar-refractivity contribution in [2.24, 2.45) is 23.2 Å². The molecular weight excluding hydrogens is 338 g/mol. The summed E-state index contributed by atoms with van der Waals surface area (Å²) in [6.07, 6.45) is 7.29. The third-order valence-corrected chi connectivity index (χ3v) is 6.99. The first-order valence-corrected chi connectivity index (χ1v) is 10.2. The molecule has 1 amide bonds. The third-order valence-electron chi connectivity index (χ3n) is 6.99. The smallest absolute Gasteiger partial charge is 0.246 e. The molecule has 4 bridgehead atoms. The number of benzene rings is 1. The van der Waals surface area contributed by atoms with E-state index in [2.05, 4.69) is 17.1 Å². The van der Waals surface area contributed by atoms with E-state index in [1.54, 1.807) is 0 Å². The molecule has 0 saturated heterocycles. The Hall–Kier alpha value is -2.17. The summed E-state index contributed by atoms with van der Waals surface area (Å²) in [7, 11) is 1.89. The standard InChI is InChI=1S/C22H27N3O2/c1-14-3-5-18(6-4-14)20-23-19(27-24-20)13-25(2)21(26)22-10-15-7-16(11-22)9-17(8-15)12-22/h3-6,15-17H,7-13H2,1-2H3. The molecule has 0 N–H and O–H groups in total. The van der Waals surface area contributed by atoms with E-state index in [-0.39, 0.29) is 11.3 Å². The number of hydrogen-bond acceptors (Lipinski definition) is 4. The molecule has 1 aromatic heterocycles. The van der Waals surface area contributed by atoms with E-state index in [4.69, 9.17) is 4.52 Å². The van der Waals surface area contributed by atoms with Gasteiger partial charge in [-0.3, -0.25) is 4.79 Å². The van der Waals surface area contributed by atoms with E-state index in [1.807, 2.05) is 36.2 Å². The number of carbonyl (C=O) groups is 1. The van der Waals surface area contributed by atoms with Crippen molar-refractivity contribution in [1.29, 1.82) is 0 Å². The monoisotopic (exact) mass is 365 g/mol. The molecule has 142 valence electrons. The maximum atomic E-state index is 13.4. The highest BCUT2D eigenvalue weighted by atomic mass is 16.5. The molecule has 27 heavy (non-hydrogen) atoms. The largest absolute Gasteiger partial charge is 0.337 e. The fraction of sp³-hybridized carbons (Fsp3) is 0.591. The molecule has 4 saturated carbocycles. The zero-order valence-corrected chi connectivity index (χ0v) is 16.1. The van der Waals surface area contributed by atoms with E-state index in [1.165, 1.54) is 24.8 Å². The molecule has 0 atom stereocenters. The van der Waals surface area contributed by atoms with Crippen molar-refractivity contribution in [2.45, 2.75) is 52.0 Å². The quantitative estimate of drug-likeness (QED) is 0.814. The van der Waals surface area contributed by atoms with Gasteiger partial charge in [-0.2, -0.15) is 4.98 Å². The van der Waals surface area contributed by atoms with Crippen molar-refractivity contribution < 1.29 is 9.32 Å². The molecule has 0 aliphatic heterocycles. The van der Waals surface area contributed by atoms with E-state index in [0.29, 0.717) is 18.3 Å². The van der Waals surface area contributed by atoms with E-state index in [9.17, 15) is 4.79 Å². The first kappa shape index (κ1) is 17.0. The fourth-order valence-corrected chi connectivity index (χ4v) is 6.19. The molecule has 1 aromatic carbocycles. The third kappa shape index (κ3) is 2.97. The van der Waals surface area contributed by atoms with Gasteiger partial charge >= 0.3 is 0 Å². The second kappa shape index (κ2) is 6.18. The minimum Gasteiger partial charge on any atom is -0.337 e. The van der Waals surface area contributed by atoms with Crippen molar-refractivity contribution >= 4 is 5.91 Å². The highest BCUT2D eigenvalue weighted by Gasteiger charge is 2.55. The van der Waals surface area contributed by atoms with Crippen molar-refractivity contribution in [2.75, 3.05) is 7.05 Å². The van der Waals surface area contributed by atoms with Gasteiger partial charge in [-0.05, 0) is 63.2 Å². The summed E-state index contributed by atoms with van der Waals surface area (Å²) in [5, 5.41) is 4.10. The van der Waals surface area contributed by atoms with Crippen LogP contribution in [0, 0.1) is 30.1 Å². The molecule has 0 unspecified atom stereocenters. The Balaban J connectivity index is 1.30. The highest BCUT2D eigenvalue weighted by molar-refractivity contribution is 5.83. The van der Waals surface area contributed by atoms with Crippen LogP contribution in [0.5, 0.6) is 0 Å². The lowest BCUT2D eigenvalue weighted by molar-refractivity contribution is -0.157. The summed E-state index contributed by atoms with van der Waals surface area (Å²) in [6.45, 7) is 2.44. The lowest BCUT2D eigenvalue weighted by Gasteiger charge is -2.56. The van der Waals surface area contributed by atoms with Gasteiger partial charge in [-0.25, -0.2) is 0 Å². The summed E-state index contributed by atoms with van der Waals surface area (Å²) >= 11 is 0. The number of rotatable bonds is 4. The van der Waals surface area contributed by atoms with Gasteiger partial charge in [-0.1, -0.05) is 35.0 Å². The molecule has 5 nitrogen and oxygen atoms in total. The maximum absolute atomic E-state index is 13.4. The average Bonchev–Trinajstić information content (AvgIpc) is 3.09. The summed E-state index contributed by atoms with van der Waals surface area (Å²) in [4.78, 5) is 19.7. The van der Waals surface area contributed by atoms with Crippen LogP contribution in [0.25, 0.3) is 11.4 Å². The van der Waals surface area contributed by atoms with E-state index in [0.717, 1.165) is 42.6 Å². The van der Waals surface area contributed by atoms with Crippen LogP contribution in [0.1, 0.15) is 50.0 Å². The van der Waals surface area contributed by atoms with Crippen LogP contribution >= 0.6 is 0 Å². The highest BCUT2D eigenvalue weighted by Crippen LogP contribution is 2.60. The Bertz CT molecular complexity index is 819. The Morgan fingerprint density at radius 3 is 2.30 bits per heavy atom. The van der Waals surface area contributed by atoms with E-state index >= 15 is 0 Å². The van der Waals surface area contributed by atoms with E-state index < -0.39 is 0 Å². The zero-order chi connectivity index (χ0) is 18.6. The number of carbonyl (C=O) groups excluding carboxylic acids is 1. The Morgan fingerprint density at radius 2 is 1.70 bits per heavy atom. The predicted octanol–water partition coefficient (Wildman–Crippen LogP) is 4.22. The van der Waals surface area contributed by atoms with Gasteiger partial charge < -0.3 is 9.42 Å². The SMILES string of the molecule is Cc1ccc(-c2noc(CN(C)C(=O)C34CC5CC(CC(C5)C3)C4)n2)cc1. The van der Waals surface area contributed by atoms with Crippen LogP contribution in [-0.4, -0.2) is 28.0 Å². The summed E-state index contributed by atoms with van der Waals surface area (Å²) < 4.78 is 5.43. The minimum atomic E-state index is -0.122. The van der Waals surface area contributed by atoms with Crippen LogP contribution in [0.15, 0.2) is 28.8 Å².